The molecule has 3 aromatic carbocycles. The number of amides is 2. The summed E-state index contributed by atoms with van der Waals surface area (Å²) in [6.07, 6.45) is 0. The molecule has 0 atom stereocenters. The van der Waals surface area contributed by atoms with Crippen LogP contribution in [0.25, 0.3) is 11.0 Å². The van der Waals surface area contributed by atoms with Crippen molar-refractivity contribution in [3.63, 3.8) is 0 Å². The van der Waals surface area contributed by atoms with Crippen LogP contribution in [0, 0.1) is 0 Å². The summed E-state index contributed by atoms with van der Waals surface area (Å²) in [5, 5.41) is 11.6. The van der Waals surface area contributed by atoms with Crippen molar-refractivity contribution in [1.82, 2.24) is 10.8 Å². The molecule has 1 aromatic heterocycles. The van der Waals surface area contributed by atoms with Gasteiger partial charge < -0.3 is 19.2 Å². The molecule has 0 aliphatic rings. The maximum Gasteiger partial charge on any atom is 0.307 e. The first-order valence-electron chi connectivity index (χ1n) is 10.5. The second-order valence-electron chi connectivity index (χ2n) is 7.08. The van der Waals surface area contributed by atoms with Gasteiger partial charge in [0.05, 0.1) is 6.54 Å². The van der Waals surface area contributed by atoms with Crippen LogP contribution in [0.4, 0.5) is 4.79 Å². The van der Waals surface area contributed by atoms with Crippen LogP contribution in [-0.4, -0.2) is 29.5 Å². The molecule has 3 N–H and O–H groups in total. The second-order valence-corrected chi connectivity index (χ2v) is 8.13. The Morgan fingerprint density at radius 2 is 1.59 bits per heavy atom. The molecule has 0 saturated heterocycles. The van der Waals surface area contributed by atoms with Crippen LogP contribution in [0.3, 0.4) is 0 Å². The number of para-hydroxylation sites is 2. The van der Waals surface area contributed by atoms with E-state index in [1.165, 1.54) is 0 Å². The lowest BCUT2D eigenvalue weighted by molar-refractivity contribution is 0.0918. The van der Waals surface area contributed by atoms with Crippen LogP contribution in [0.5, 0.6) is 11.5 Å². The Balaban J connectivity index is 1.35. The van der Waals surface area contributed by atoms with Gasteiger partial charge in [0.2, 0.25) is 0 Å². The summed E-state index contributed by atoms with van der Waals surface area (Å²) in [6.45, 7) is 0.697. The highest BCUT2D eigenvalue weighted by molar-refractivity contribution is 8.13. The van der Waals surface area contributed by atoms with Crippen molar-refractivity contribution in [3.8, 4) is 11.5 Å². The third-order valence-corrected chi connectivity index (χ3v) is 5.60. The van der Waals surface area contributed by atoms with E-state index >= 15 is 0 Å². The van der Waals surface area contributed by atoms with Gasteiger partial charge in [-0.05, 0) is 54.2 Å². The molecule has 9 heteroatoms. The third kappa shape index (κ3) is 5.89. The molecule has 1 heterocycles. The number of carbonyl (C=O) groups is 2. The van der Waals surface area contributed by atoms with Crippen molar-refractivity contribution in [2.45, 2.75) is 11.5 Å². The van der Waals surface area contributed by atoms with Crippen LogP contribution in [0.15, 0.2) is 88.2 Å². The Kier molecular flexibility index (Phi) is 7.69. The van der Waals surface area contributed by atoms with Crippen molar-refractivity contribution in [3.05, 3.63) is 90.2 Å². The highest BCUT2D eigenvalue weighted by Gasteiger charge is 2.20. The molecular formula is C25H22N2O6S. The number of hydroxylamine groups is 1. The van der Waals surface area contributed by atoms with Gasteiger partial charge in [-0.25, -0.2) is 5.48 Å². The number of fused-ring (bicyclic) bond motifs is 1. The van der Waals surface area contributed by atoms with Gasteiger partial charge in [-0.15, -0.1) is 0 Å². The zero-order valence-electron chi connectivity index (χ0n) is 18.0. The molecule has 0 fully saturated rings. The highest BCUT2D eigenvalue weighted by Crippen LogP contribution is 2.27. The summed E-state index contributed by atoms with van der Waals surface area (Å²) in [4.78, 5) is 24.7. The van der Waals surface area contributed by atoms with Gasteiger partial charge >= 0.3 is 5.24 Å². The molecule has 0 bridgehead atoms. The van der Waals surface area contributed by atoms with Crippen molar-refractivity contribution < 1.29 is 28.7 Å². The zero-order chi connectivity index (χ0) is 23.8. The zero-order valence-corrected chi connectivity index (χ0v) is 18.8. The van der Waals surface area contributed by atoms with Crippen LogP contribution >= 0.6 is 11.8 Å². The fourth-order valence-corrected chi connectivity index (χ4v) is 3.78. The minimum atomic E-state index is -0.574. The molecule has 0 saturated carbocycles. The van der Waals surface area contributed by atoms with Crippen molar-refractivity contribution in [2.24, 2.45) is 0 Å². The SMILES string of the molecule is O=C(NO)Sc1ccc(OCCNC(=O)c2oc3ccccc3c2COc2ccccc2)cc1. The van der Waals surface area contributed by atoms with E-state index in [-0.39, 0.29) is 31.4 Å². The van der Waals surface area contributed by atoms with Gasteiger partial charge in [-0.1, -0.05) is 36.4 Å². The Morgan fingerprint density at radius 1 is 0.882 bits per heavy atom. The lowest BCUT2D eigenvalue weighted by atomic mass is 10.1. The number of thioether (sulfide) groups is 1. The summed E-state index contributed by atoms with van der Waals surface area (Å²) < 4.78 is 17.3. The van der Waals surface area contributed by atoms with E-state index in [0.29, 0.717) is 27.5 Å². The van der Waals surface area contributed by atoms with Gasteiger partial charge in [0, 0.05) is 15.8 Å². The van der Waals surface area contributed by atoms with E-state index in [1.54, 1.807) is 29.7 Å². The molecule has 8 nitrogen and oxygen atoms in total. The molecule has 4 rings (SSSR count). The van der Waals surface area contributed by atoms with Gasteiger partial charge in [0.1, 0.15) is 30.3 Å². The predicted octanol–water partition coefficient (Wildman–Crippen LogP) is 5.01. The number of hydrogen-bond donors (Lipinski definition) is 3. The molecule has 0 radical (unpaired) electrons. The fourth-order valence-electron chi connectivity index (χ4n) is 3.25. The first-order chi connectivity index (χ1) is 16.6. The van der Waals surface area contributed by atoms with E-state index in [0.717, 1.165) is 17.1 Å². The predicted molar refractivity (Wildman–Crippen MR) is 127 cm³/mol. The summed E-state index contributed by atoms with van der Waals surface area (Å²) in [5.41, 5.74) is 2.85. The van der Waals surface area contributed by atoms with Gasteiger partial charge in [0.25, 0.3) is 5.91 Å². The monoisotopic (exact) mass is 478 g/mol. The van der Waals surface area contributed by atoms with E-state index in [1.807, 2.05) is 54.6 Å². The number of rotatable bonds is 9. The quantitative estimate of drug-likeness (QED) is 0.134. The van der Waals surface area contributed by atoms with Crippen LogP contribution in [0.2, 0.25) is 0 Å². The lowest BCUT2D eigenvalue weighted by Crippen LogP contribution is -2.28. The number of hydrogen-bond acceptors (Lipinski definition) is 7. The molecule has 0 unspecified atom stereocenters. The average Bonchev–Trinajstić information content (AvgIpc) is 3.25. The third-order valence-electron chi connectivity index (χ3n) is 4.81. The normalized spacial score (nSPS) is 10.6. The van der Waals surface area contributed by atoms with Crippen LogP contribution < -0.4 is 20.3 Å². The average molecular weight is 479 g/mol. The Hall–Kier alpha value is -3.95. The largest absolute Gasteiger partial charge is 0.492 e. The smallest absolute Gasteiger partial charge is 0.307 e. The van der Waals surface area contributed by atoms with Crippen molar-refractivity contribution >= 4 is 33.9 Å². The van der Waals surface area contributed by atoms with Crippen LogP contribution in [-0.2, 0) is 6.61 Å². The molecule has 0 aliphatic heterocycles. The first-order valence-corrected chi connectivity index (χ1v) is 11.3. The van der Waals surface area contributed by atoms with E-state index in [4.69, 9.17) is 19.1 Å². The topological polar surface area (TPSA) is 110 Å². The Bertz CT molecular complexity index is 1260. The Morgan fingerprint density at radius 3 is 2.35 bits per heavy atom. The number of furan rings is 1. The number of carbonyl (C=O) groups excluding carboxylic acids is 2. The number of nitrogens with one attached hydrogen (secondary N) is 2. The molecule has 174 valence electrons. The van der Waals surface area contributed by atoms with Gasteiger partial charge in [-0.2, -0.15) is 0 Å². The summed E-state index contributed by atoms with van der Waals surface area (Å²) in [6, 6.07) is 23.6. The molecule has 0 aliphatic carbocycles. The maximum atomic E-state index is 12.9. The van der Waals surface area contributed by atoms with Crippen LogP contribution in [0.1, 0.15) is 16.1 Å². The van der Waals surface area contributed by atoms with Gasteiger partial charge in [0.15, 0.2) is 5.76 Å². The minimum Gasteiger partial charge on any atom is -0.492 e. The minimum absolute atomic E-state index is 0.193. The van der Waals surface area contributed by atoms with Crippen molar-refractivity contribution in [2.75, 3.05) is 13.2 Å². The van der Waals surface area contributed by atoms with E-state index in [2.05, 4.69) is 5.32 Å². The maximum absolute atomic E-state index is 12.9. The fraction of sp³-hybridized carbons (Fsp3) is 0.120. The number of ether oxygens (including phenoxy) is 2. The molecule has 34 heavy (non-hydrogen) atoms. The first kappa shape index (κ1) is 23.2. The van der Waals surface area contributed by atoms with E-state index in [9.17, 15) is 9.59 Å². The summed E-state index contributed by atoms with van der Waals surface area (Å²) in [5.74, 6) is 1.14. The summed E-state index contributed by atoms with van der Waals surface area (Å²) >= 11 is 0.854. The highest BCUT2D eigenvalue weighted by atomic mass is 32.2. The molecule has 4 aromatic rings. The van der Waals surface area contributed by atoms with E-state index < -0.39 is 5.24 Å². The standard InChI is InChI=1S/C25H22N2O6S/c28-24(26-14-15-31-18-10-12-19(13-11-18)34-25(29)27-30)23-21(16-32-17-6-2-1-3-7-17)20-8-4-5-9-22(20)33-23/h1-13,30H,14-16H2,(H,26,28)(H,27,29). The lowest BCUT2D eigenvalue weighted by Gasteiger charge is -2.09. The molecule has 0 spiro atoms. The van der Waals surface area contributed by atoms with Crippen molar-refractivity contribution in [1.29, 1.82) is 0 Å². The van der Waals surface area contributed by atoms with Gasteiger partial charge in [-0.3, -0.25) is 14.8 Å². The Labute approximate surface area is 199 Å². The second kappa shape index (κ2) is 11.3. The molecule has 2 amide bonds. The number of benzene rings is 3. The molecular weight excluding hydrogens is 456 g/mol. The summed E-state index contributed by atoms with van der Waals surface area (Å²) in [7, 11) is 0.